The number of aromatic amines is 1. The van der Waals surface area contributed by atoms with E-state index in [2.05, 4.69) is 16.8 Å². The Balaban J connectivity index is 2.80. The number of alkyl halides is 4. The minimum atomic E-state index is -4.58. The molecule has 1 aromatic heterocycles. The summed E-state index contributed by atoms with van der Waals surface area (Å²) in [4.78, 5) is 0. The molecule has 3 nitrogen and oxygen atoms in total. The third kappa shape index (κ3) is 3.71. The molecule has 0 aliphatic heterocycles. The first-order valence-electron chi connectivity index (χ1n) is 4.46. The van der Waals surface area contributed by atoms with Gasteiger partial charge in [0, 0.05) is 5.56 Å². The number of halogens is 5. The van der Waals surface area contributed by atoms with Crippen molar-refractivity contribution < 1.29 is 22.3 Å². The van der Waals surface area contributed by atoms with Crippen LogP contribution in [0.4, 0.5) is 17.6 Å². The summed E-state index contributed by atoms with van der Waals surface area (Å²) in [6, 6.07) is 0. The van der Waals surface area contributed by atoms with E-state index in [0.29, 0.717) is 0 Å². The van der Waals surface area contributed by atoms with E-state index in [0.717, 1.165) is 0 Å². The maximum absolute atomic E-state index is 12.4. The standard InChI is InChI=1S/C9H9ClF4N2O/c1-5(11)3-17-4-7-6(2-10)8(16-15-7)9(12,13)14/h1-4H2,(H,15,16). The highest BCUT2D eigenvalue weighted by Crippen LogP contribution is 2.32. The summed E-state index contributed by atoms with van der Waals surface area (Å²) in [5.41, 5.74) is -1.19. The Morgan fingerprint density at radius 3 is 2.59 bits per heavy atom. The average molecular weight is 273 g/mol. The largest absolute Gasteiger partial charge is 0.435 e. The molecule has 0 atom stereocenters. The van der Waals surface area contributed by atoms with Crippen LogP contribution >= 0.6 is 11.6 Å². The summed E-state index contributed by atoms with van der Waals surface area (Å²) in [6.07, 6.45) is -4.58. The maximum atomic E-state index is 12.4. The highest BCUT2D eigenvalue weighted by atomic mass is 35.5. The molecule has 0 radical (unpaired) electrons. The molecule has 1 rings (SSSR count). The zero-order chi connectivity index (χ0) is 13.1. The molecule has 8 heteroatoms. The van der Waals surface area contributed by atoms with Gasteiger partial charge in [0.05, 0.1) is 24.8 Å². The van der Waals surface area contributed by atoms with Crippen LogP contribution in [0, 0.1) is 0 Å². The van der Waals surface area contributed by atoms with Crippen molar-refractivity contribution in [1.29, 1.82) is 0 Å². The fourth-order valence-electron chi connectivity index (χ4n) is 1.16. The predicted molar refractivity (Wildman–Crippen MR) is 53.1 cm³/mol. The third-order valence-electron chi connectivity index (χ3n) is 1.86. The summed E-state index contributed by atoms with van der Waals surface area (Å²) in [7, 11) is 0. The minimum absolute atomic E-state index is 0.0774. The highest BCUT2D eigenvalue weighted by molar-refractivity contribution is 6.17. The summed E-state index contributed by atoms with van der Waals surface area (Å²) in [5, 5.41) is 5.30. The van der Waals surface area contributed by atoms with Crippen LogP contribution in [0.3, 0.4) is 0 Å². The third-order valence-corrected chi connectivity index (χ3v) is 2.13. The maximum Gasteiger partial charge on any atom is 0.435 e. The fraction of sp³-hybridized carbons (Fsp3) is 0.444. The van der Waals surface area contributed by atoms with E-state index in [9.17, 15) is 17.6 Å². The van der Waals surface area contributed by atoms with Gasteiger partial charge in [0.15, 0.2) is 5.69 Å². The Labute approximate surface area is 99.4 Å². The molecule has 0 aliphatic carbocycles. The number of rotatable bonds is 5. The number of nitrogens with zero attached hydrogens (tertiary/aromatic N) is 1. The lowest BCUT2D eigenvalue weighted by Crippen LogP contribution is -2.08. The summed E-state index contributed by atoms with van der Waals surface area (Å²) in [6.45, 7) is 2.32. The van der Waals surface area contributed by atoms with E-state index in [1.807, 2.05) is 0 Å². The summed E-state index contributed by atoms with van der Waals surface area (Å²) in [5.74, 6) is -1.08. The van der Waals surface area contributed by atoms with Crippen molar-refractivity contribution in [1.82, 2.24) is 10.2 Å². The van der Waals surface area contributed by atoms with Gasteiger partial charge in [0.1, 0.15) is 5.83 Å². The molecule has 0 saturated carbocycles. The number of hydrogen-bond acceptors (Lipinski definition) is 2. The van der Waals surface area contributed by atoms with Crippen LogP contribution < -0.4 is 0 Å². The monoisotopic (exact) mass is 272 g/mol. The van der Waals surface area contributed by atoms with E-state index in [1.165, 1.54) is 0 Å². The zero-order valence-electron chi connectivity index (χ0n) is 8.57. The van der Waals surface area contributed by atoms with E-state index in [-0.39, 0.29) is 30.4 Å². The van der Waals surface area contributed by atoms with Gasteiger partial charge in [-0.25, -0.2) is 4.39 Å². The van der Waals surface area contributed by atoms with Crippen molar-refractivity contribution in [3.05, 3.63) is 29.4 Å². The Bertz CT molecular complexity index is 402. The molecular formula is C9H9ClF4N2O. The quantitative estimate of drug-likeness (QED) is 0.660. The van der Waals surface area contributed by atoms with E-state index >= 15 is 0 Å². The van der Waals surface area contributed by atoms with E-state index in [1.54, 1.807) is 0 Å². The molecule has 0 fully saturated rings. The Morgan fingerprint density at radius 1 is 1.47 bits per heavy atom. The molecular weight excluding hydrogens is 264 g/mol. The summed E-state index contributed by atoms with van der Waals surface area (Å²) >= 11 is 5.42. The molecule has 1 N–H and O–H groups in total. The number of aromatic nitrogens is 2. The second-order valence-electron chi connectivity index (χ2n) is 3.17. The lowest BCUT2D eigenvalue weighted by atomic mass is 10.2. The van der Waals surface area contributed by atoms with Crippen LogP contribution in [0.1, 0.15) is 17.0 Å². The van der Waals surface area contributed by atoms with Crippen molar-refractivity contribution in [2.45, 2.75) is 18.7 Å². The molecule has 0 aromatic carbocycles. The molecule has 1 heterocycles. The van der Waals surface area contributed by atoms with Crippen molar-refractivity contribution in [2.75, 3.05) is 6.61 Å². The van der Waals surface area contributed by atoms with Gasteiger partial charge in [-0.2, -0.15) is 18.3 Å². The van der Waals surface area contributed by atoms with Gasteiger partial charge < -0.3 is 4.74 Å². The van der Waals surface area contributed by atoms with Gasteiger partial charge in [-0.15, -0.1) is 11.6 Å². The zero-order valence-corrected chi connectivity index (χ0v) is 9.33. The lowest BCUT2D eigenvalue weighted by Gasteiger charge is -2.05. The Hall–Kier alpha value is -1.08. The normalized spacial score (nSPS) is 11.8. The van der Waals surface area contributed by atoms with Gasteiger partial charge >= 0.3 is 6.18 Å². The minimum Gasteiger partial charge on any atom is -0.368 e. The fourth-order valence-corrected chi connectivity index (χ4v) is 1.45. The van der Waals surface area contributed by atoms with Crippen LogP contribution in [0.15, 0.2) is 12.4 Å². The highest BCUT2D eigenvalue weighted by Gasteiger charge is 2.37. The molecule has 17 heavy (non-hydrogen) atoms. The predicted octanol–water partition coefficient (Wildman–Crippen LogP) is 3.17. The SMILES string of the molecule is C=C(F)COCc1[nH]nc(C(F)(F)F)c1CCl. The Morgan fingerprint density at radius 2 is 2.12 bits per heavy atom. The number of ether oxygens (including phenoxy) is 1. The smallest absolute Gasteiger partial charge is 0.368 e. The molecule has 0 saturated heterocycles. The van der Waals surface area contributed by atoms with Crippen LogP contribution in [0.25, 0.3) is 0 Å². The second kappa shape index (κ2) is 5.50. The average Bonchev–Trinajstić information content (AvgIpc) is 2.59. The first-order valence-corrected chi connectivity index (χ1v) is 5.00. The topological polar surface area (TPSA) is 37.9 Å². The van der Waals surface area contributed by atoms with Crippen molar-refractivity contribution in [3.8, 4) is 0 Å². The van der Waals surface area contributed by atoms with Crippen molar-refractivity contribution in [2.24, 2.45) is 0 Å². The molecule has 0 spiro atoms. The van der Waals surface area contributed by atoms with Crippen LogP contribution in [0.5, 0.6) is 0 Å². The van der Waals surface area contributed by atoms with Gasteiger partial charge in [0.25, 0.3) is 0 Å². The first kappa shape index (κ1) is 14.0. The first-order chi connectivity index (χ1) is 7.86. The molecule has 0 bridgehead atoms. The molecule has 96 valence electrons. The van der Waals surface area contributed by atoms with Gasteiger partial charge in [-0.05, 0) is 0 Å². The van der Waals surface area contributed by atoms with Crippen LogP contribution in [-0.2, 0) is 23.4 Å². The molecule has 0 amide bonds. The van der Waals surface area contributed by atoms with Gasteiger partial charge in [-0.3, -0.25) is 5.10 Å². The van der Waals surface area contributed by atoms with Crippen molar-refractivity contribution >= 4 is 11.6 Å². The second-order valence-corrected chi connectivity index (χ2v) is 3.44. The van der Waals surface area contributed by atoms with Gasteiger partial charge in [-0.1, -0.05) is 6.58 Å². The van der Waals surface area contributed by atoms with Crippen LogP contribution in [-0.4, -0.2) is 16.8 Å². The summed E-state index contributed by atoms with van der Waals surface area (Å²) < 4.78 is 54.3. The molecule has 1 aromatic rings. The number of hydrogen-bond donors (Lipinski definition) is 1. The van der Waals surface area contributed by atoms with Crippen LogP contribution in [0.2, 0.25) is 0 Å². The van der Waals surface area contributed by atoms with Gasteiger partial charge in [0.2, 0.25) is 0 Å². The van der Waals surface area contributed by atoms with E-state index < -0.39 is 17.7 Å². The number of nitrogens with one attached hydrogen (secondary N) is 1. The number of H-pyrrole nitrogens is 1. The van der Waals surface area contributed by atoms with Crippen molar-refractivity contribution in [3.63, 3.8) is 0 Å². The lowest BCUT2D eigenvalue weighted by molar-refractivity contribution is -0.141. The Kier molecular flexibility index (Phi) is 4.53. The molecule has 0 unspecified atom stereocenters. The van der Waals surface area contributed by atoms with E-state index in [4.69, 9.17) is 16.3 Å². The molecule has 0 aliphatic rings.